The van der Waals surface area contributed by atoms with Crippen LogP contribution in [-0.2, 0) is 14.3 Å². The summed E-state index contributed by atoms with van der Waals surface area (Å²) in [6.45, 7) is 4.43. The Morgan fingerprint density at radius 2 is 1.97 bits per heavy atom. The lowest BCUT2D eigenvalue weighted by Gasteiger charge is -2.29. The number of carbonyl (C=O) groups is 1. The van der Waals surface area contributed by atoms with E-state index in [1.165, 1.54) is 11.8 Å². The Hall–Kier alpha value is -2.81. The first-order chi connectivity index (χ1) is 16.7. The van der Waals surface area contributed by atoms with Gasteiger partial charge in [-0.2, -0.15) is 0 Å². The third-order valence-corrected chi connectivity index (χ3v) is 7.17. The van der Waals surface area contributed by atoms with Crippen molar-refractivity contribution < 1.29 is 19.0 Å². The first-order valence-corrected chi connectivity index (χ1v) is 12.5. The van der Waals surface area contributed by atoms with Crippen LogP contribution in [0, 0.1) is 0 Å². The fourth-order valence-corrected chi connectivity index (χ4v) is 5.33. The number of thioether (sulfide) groups is 1. The summed E-state index contributed by atoms with van der Waals surface area (Å²) in [7, 11) is 1.66. The highest BCUT2D eigenvalue weighted by atomic mass is 32.2. The van der Waals surface area contributed by atoms with E-state index in [2.05, 4.69) is 11.0 Å². The Morgan fingerprint density at radius 1 is 1.15 bits per heavy atom. The summed E-state index contributed by atoms with van der Waals surface area (Å²) < 4.78 is 17.0. The van der Waals surface area contributed by atoms with Crippen LogP contribution in [0.15, 0.2) is 58.4 Å². The molecule has 0 bridgehead atoms. The quantitative estimate of drug-likeness (QED) is 0.575. The van der Waals surface area contributed by atoms with E-state index in [0.717, 1.165) is 68.4 Å². The van der Waals surface area contributed by atoms with Gasteiger partial charge in [0.25, 0.3) is 5.91 Å². The molecule has 34 heavy (non-hydrogen) atoms. The molecule has 3 fully saturated rings. The predicted molar refractivity (Wildman–Crippen MR) is 136 cm³/mol. The molecule has 1 amide bonds. The summed E-state index contributed by atoms with van der Waals surface area (Å²) in [5.41, 5.74) is 2.79. The van der Waals surface area contributed by atoms with Crippen LogP contribution in [0.5, 0.6) is 5.75 Å². The van der Waals surface area contributed by atoms with E-state index in [0.29, 0.717) is 16.6 Å². The van der Waals surface area contributed by atoms with E-state index in [4.69, 9.17) is 19.2 Å². The van der Waals surface area contributed by atoms with E-state index < -0.39 is 0 Å². The lowest BCUT2D eigenvalue weighted by atomic mass is 10.1. The van der Waals surface area contributed by atoms with Crippen molar-refractivity contribution in [3.8, 4) is 5.75 Å². The molecular formula is C26H29N3O4S. The van der Waals surface area contributed by atoms with E-state index in [1.807, 2.05) is 48.5 Å². The maximum atomic E-state index is 13.4. The second-order valence-electron chi connectivity index (χ2n) is 8.42. The fraction of sp³-hybridized carbons (Fsp3) is 0.385. The summed E-state index contributed by atoms with van der Waals surface area (Å²) in [5, 5.41) is 0.682. The number of morpholine rings is 1. The molecule has 3 aliphatic rings. The molecule has 2 aromatic rings. The van der Waals surface area contributed by atoms with Crippen LogP contribution < -0.4 is 9.64 Å². The number of benzene rings is 2. The molecule has 3 aliphatic heterocycles. The smallest absolute Gasteiger partial charge is 0.266 e. The van der Waals surface area contributed by atoms with Crippen LogP contribution >= 0.6 is 11.8 Å². The summed E-state index contributed by atoms with van der Waals surface area (Å²) in [4.78, 5) is 22.9. The number of amidine groups is 1. The van der Waals surface area contributed by atoms with E-state index in [1.54, 1.807) is 12.0 Å². The van der Waals surface area contributed by atoms with Crippen LogP contribution in [0.1, 0.15) is 18.4 Å². The summed E-state index contributed by atoms with van der Waals surface area (Å²) >= 11 is 1.40. The van der Waals surface area contributed by atoms with Gasteiger partial charge in [-0.1, -0.05) is 18.2 Å². The highest BCUT2D eigenvalue weighted by Gasteiger charge is 2.36. The SMILES string of the molecule is COc1cc(N2CCOCC2)ccc1/C=C1\SC(=Nc2ccccc2)N(C[C@@H]2CCCO2)C1=O. The zero-order chi connectivity index (χ0) is 23.3. The standard InChI is InChI=1S/C26H29N3O4S/c1-31-23-17-21(28-11-14-32-15-12-28)10-9-19(23)16-24-25(30)29(18-22-8-5-13-33-22)26(34-24)27-20-6-3-2-4-7-20/h2-4,6-7,9-10,16-17,22H,5,8,11-15,18H2,1H3/b24-16-,27-26?/t22-/m0/s1. The number of carbonyl (C=O) groups excluding carboxylic acids is 1. The second kappa shape index (κ2) is 10.6. The minimum atomic E-state index is -0.0468. The van der Waals surface area contributed by atoms with Crippen LogP contribution in [0.4, 0.5) is 11.4 Å². The number of nitrogens with zero attached hydrogens (tertiary/aromatic N) is 3. The number of para-hydroxylation sites is 1. The number of aliphatic imine (C=N–C) groups is 1. The van der Waals surface area contributed by atoms with Crippen molar-refractivity contribution >= 4 is 40.3 Å². The number of amides is 1. The molecule has 178 valence electrons. The van der Waals surface area contributed by atoms with Crippen LogP contribution in [0.2, 0.25) is 0 Å². The third kappa shape index (κ3) is 5.14. The molecule has 0 unspecified atom stereocenters. The van der Waals surface area contributed by atoms with Gasteiger partial charge >= 0.3 is 0 Å². The largest absolute Gasteiger partial charge is 0.496 e. The molecule has 0 aliphatic carbocycles. The van der Waals surface area contributed by atoms with Crippen molar-refractivity contribution in [3.63, 3.8) is 0 Å². The van der Waals surface area contributed by atoms with Gasteiger partial charge in [0, 0.05) is 37.0 Å². The Balaban J connectivity index is 1.43. The predicted octanol–water partition coefficient (Wildman–Crippen LogP) is 4.31. The fourth-order valence-electron chi connectivity index (χ4n) is 4.34. The lowest BCUT2D eigenvalue weighted by Crippen LogP contribution is -2.36. The molecule has 1 atom stereocenters. The molecule has 3 saturated heterocycles. The minimum Gasteiger partial charge on any atom is -0.496 e. The van der Waals surface area contributed by atoms with E-state index in [9.17, 15) is 4.79 Å². The molecule has 5 rings (SSSR count). The Bertz CT molecular complexity index is 1080. The molecule has 3 heterocycles. The van der Waals surface area contributed by atoms with Crippen molar-refractivity contribution in [2.24, 2.45) is 4.99 Å². The maximum absolute atomic E-state index is 13.4. The van der Waals surface area contributed by atoms with Crippen LogP contribution in [0.25, 0.3) is 6.08 Å². The van der Waals surface area contributed by atoms with Gasteiger partial charge in [0.05, 0.1) is 43.6 Å². The topological polar surface area (TPSA) is 63.6 Å². The van der Waals surface area contributed by atoms with Gasteiger partial charge in [-0.05, 0) is 54.9 Å². The number of methoxy groups -OCH3 is 1. The molecule has 0 radical (unpaired) electrons. The van der Waals surface area contributed by atoms with Crippen molar-refractivity contribution in [2.45, 2.75) is 18.9 Å². The van der Waals surface area contributed by atoms with Crippen LogP contribution in [-0.4, -0.2) is 68.6 Å². The van der Waals surface area contributed by atoms with Crippen molar-refractivity contribution in [3.05, 3.63) is 59.0 Å². The number of anilines is 1. The number of hydrogen-bond acceptors (Lipinski definition) is 7. The molecular weight excluding hydrogens is 450 g/mol. The third-order valence-electron chi connectivity index (χ3n) is 6.16. The van der Waals surface area contributed by atoms with Gasteiger partial charge in [0.1, 0.15) is 5.75 Å². The lowest BCUT2D eigenvalue weighted by molar-refractivity contribution is -0.123. The van der Waals surface area contributed by atoms with Crippen LogP contribution in [0.3, 0.4) is 0 Å². The van der Waals surface area contributed by atoms with Gasteiger partial charge < -0.3 is 19.1 Å². The summed E-state index contributed by atoms with van der Waals surface area (Å²) in [6, 6.07) is 15.9. The monoisotopic (exact) mass is 479 g/mol. The maximum Gasteiger partial charge on any atom is 0.266 e. The highest BCUT2D eigenvalue weighted by molar-refractivity contribution is 8.18. The molecule has 8 heteroatoms. The Kier molecular flexibility index (Phi) is 7.18. The van der Waals surface area contributed by atoms with Gasteiger partial charge in [-0.15, -0.1) is 0 Å². The van der Waals surface area contributed by atoms with Gasteiger partial charge in [-0.25, -0.2) is 4.99 Å². The highest BCUT2D eigenvalue weighted by Crippen LogP contribution is 2.37. The molecule has 2 aromatic carbocycles. The Labute approximate surface area is 204 Å². The molecule has 0 saturated carbocycles. The average Bonchev–Trinajstić information content (AvgIpc) is 3.50. The Morgan fingerprint density at radius 3 is 2.71 bits per heavy atom. The molecule has 0 aromatic heterocycles. The first-order valence-electron chi connectivity index (χ1n) is 11.7. The van der Waals surface area contributed by atoms with E-state index >= 15 is 0 Å². The number of ether oxygens (including phenoxy) is 3. The second-order valence-corrected chi connectivity index (χ2v) is 9.43. The number of rotatable bonds is 6. The van der Waals surface area contributed by atoms with Crippen molar-refractivity contribution in [1.29, 1.82) is 0 Å². The van der Waals surface area contributed by atoms with Gasteiger partial charge in [0.2, 0.25) is 0 Å². The van der Waals surface area contributed by atoms with E-state index in [-0.39, 0.29) is 12.0 Å². The zero-order valence-electron chi connectivity index (χ0n) is 19.3. The normalized spacial score (nSPS) is 23.3. The molecule has 0 N–H and O–H groups in total. The molecule has 0 spiro atoms. The summed E-state index contributed by atoms with van der Waals surface area (Å²) in [5.74, 6) is 0.693. The summed E-state index contributed by atoms with van der Waals surface area (Å²) in [6.07, 6.45) is 3.95. The van der Waals surface area contributed by atoms with Crippen molar-refractivity contribution in [2.75, 3.05) is 51.5 Å². The number of hydrogen-bond donors (Lipinski definition) is 0. The minimum absolute atomic E-state index is 0.0468. The molecule has 7 nitrogen and oxygen atoms in total. The van der Waals surface area contributed by atoms with Gasteiger partial charge in [0.15, 0.2) is 5.17 Å². The zero-order valence-corrected chi connectivity index (χ0v) is 20.1. The first kappa shape index (κ1) is 23.0. The average molecular weight is 480 g/mol. The van der Waals surface area contributed by atoms with Gasteiger partial charge in [-0.3, -0.25) is 9.69 Å². The van der Waals surface area contributed by atoms with Crippen molar-refractivity contribution in [1.82, 2.24) is 4.90 Å².